The van der Waals surface area contributed by atoms with Gasteiger partial charge in [-0.25, -0.2) is 13.8 Å². The smallest absolute Gasteiger partial charge is 0.358 e. The molecule has 0 bridgehead atoms. The number of carboxylic acids is 1. The van der Waals surface area contributed by atoms with Crippen molar-refractivity contribution < 1.29 is 28.3 Å². The SMILES string of the molecule is O=C(O)c1ccccc1C(=O)ONS(=O)O. The number of carbonyl (C=O) groups is 2. The largest absolute Gasteiger partial charge is 0.478 e. The van der Waals surface area contributed by atoms with Crippen LogP contribution in [-0.2, 0) is 16.1 Å². The highest BCUT2D eigenvalue weighted by molar-refractivity contribution is 7.76. The van der Waals surface area contributed by atoms with E-state index in [9.17, 15) is 13.8 Å². The van der Waals surface area contributed by atoms with E-state index in [-0.39, 0.29) is 11.1 Å². The Morgan fingerprint density at radius 1 is 1.25 bits per heavy atom. The lowest BCUT2D eigenvalue weighted by atomic mass is 10.1. The highest BCUT2D eigenvalue weighted by atomic mass is 32.2. The fraction of sp³-hybridized carbons (Fsp3) is 0. The summed E-state index contributed by atoms with van der Waals surface area (Å²) in [5.41, 5.74) is -0.467. The van der Waals surface area contributed by atoms with Crippen molar-refractivity contribution in [1.29, 1.82) is 0 Å². The van der Waals surface area contributed by atoms with Gasteiger partial charge in [-0.2, -0.15) is 0 Å². The summed E-state index contributed by atoms with van der Waals surface area (Å²) in [6, 6.07) is 5.33. The summed E-state index contributed by atoms with van der Waals surface area (Å²) in [4.78, 5) is 27.7. The highest BCUT2D eigenvalue weighted by Crippen LogP contribution is 2.09. The maximum atomic E-state index is 11.3. The van der Waals surface area contributed by atoms with E-state index in [0.29, 0.717) is 0 Å². The average Bonchev–Trinajstić information content (AvgIpc) is 2.25. The van der Waals surface area contributed by atoms with Gasteiger partial charge >= 0.3 is 11.9 Å². The topological polar surface area (TPSA) is 113 Å². The van der Waals surface area contributed by atoms with Crippen LogP contribution in [0.1, 0.15) is 20.7 Å². The lowest BCUT2D eigenvalue weighted by Crippen LogP contribution is -2.23. The Morgan fingerprint density at radius 2 is 1.81 bits per heavy atom. The number of rotatable bonds is 4. The normalized spacial score (nSPS) is 11.8. The predicted molar refractivity (Wildman–Crippen MR) is 52.7 cm³/mol. The third-order valence-corrected chi connectivity index (χ3v) is 1.81. The molecule has 8 heteroatoms. The molecular weight excluding hydrogens is 238 g/mol. The first-order valence-electron chi connectivity index (χ1n) is 3.92. The molecule has 1 aromatic rings. The Hall–Kier alpha value is -1.77. The number of nitrogens with one attached hydrogen (secondary N) is 1. The zero-order chi connectivity index (χ0) is 12.1. The molecule has 0 heterocycles. The first-order chi connectivity index (χ1) is 7.52. The molecule has 0 aliphatic carbocycles. The molecular formula is C8H7NO6S. The van der Waals surface area contributed by atoms with Gasteiger partial charge in [0.05, 0.1) is 11.1 Å². The van der Waals surface area contributed by atoms with Crippen molar-refractivity contribution >= 4 is 23.2 Å². The lowest BCUT2D eigenvalue weighted by molar-refractivity contribution is 0.0398. The molecule has 3 N–H and O–H groups in total. The maximum Gasteiger partial charge on any atom is 0.358 e. The minimum absolute atomic E-state index is 0.215. The zero-order valence-corrected chi connectivity index (χ0v) is 8.56. The average molecular weight is 245 g/mol. The number of benzene rings is 1. The standard InChI is InChI=1S/C8H7NO6S/c10-7(11)5-3-1-2-4-6(5)8(12)15-9-16(13)14/h1-4,9H,(H,10,11)(H,13,14). The van der Waals surface area contributed by atoms with Crippen LogP contribution in [0.15, 0.2) is 24.3 Å². The summed E-state index contributed by atoms with van der Waals surface area (Å²) >= 11 is -2.52. The Bertz CT molecular complexity index is 446. The zero-order valence-electron chi connectivity index (χ0n) is 7.75. The summed E-state index contributed by atoms with van der Waals surface area (Å²) in [6.45, 7) is 0. The van der Waals surface area contributed by atoms with Crippen molar-refractivity contribution in [1.82, 2.24) is 4.89 Å². The number of carbonyl (C=O) groups excluding carboxylic acids is 1. The van der Waals surface area contributed by atoms with E-state index < -0.39 is 23.2 Å². The first kappa shape index (κ1) is 12.3. The van der Waals surface area contributed by atoms with Gasteiger partial charge in [0.2, 0.25) is 0 Å². The van der Waals surface area contributed by atoms with E-state index in [2.05, 4.69) is 4.84 Å². The second kappa shape index (κ2) is 5.35. The van der Waals surface area contributed by atoms with Crippen LogP contribution in [0.25, 0.3) is 0 Å². The highest BCUT2D eigenvalue weighted by Gasteiger charge is 2.17. The van der Waals surface area contributed by atoms with Gasteiger partial charge in [-0.1, -0.05) is 12.1 Å². The Balaban J connectivity index is 2.90. The molecule has 0 fully saturated rings. The Morgan fingerprint density at radius 3 is 2.31 bits per heavy atom. The molecule has 0 aliphatic rings. The summed E-state index contributed by atoms with van der Waals surface area (Å²) in [7, 11) is 0. The molecule has 0 amide bonds. The van der Waals surface area contributed by atoms with Gasteiger partial charge in [0.1, 0.15) is 0 Å². The molecule has 0 spiro atoms. The summed E-state index contributed by atoms with van der Waals surface area (Å²) in [5, 5.41) is 8.75. The molecule has 1 rings (SSSR count). The minimum Gasteiger partial charge on any atom is -0.478 e. The van der Waals surface area contributed by atoms with Crippen molar-refractivity contribution in [3.8, 4) is 0 Å². The van der Waals surface area contributed by atoms with E-state index in [1.165, 1.54) is 29.2 Å². The van der Waals surface area contributed by atoms with Gasteiger partial charge in [-0.3, -0.25) is 4.55 Å². The molecule has 7 nitrogen and oxygen atoms in total. The van der Waals surface area contributed by atoms with E-state index in [4.69, 9.17) is 9.66 Å². The third kappa shape index (κ3) is 3.12. The number of hydrogen-bond acceptors (Lipinski definition) is 4. The van der Waals surface area contributed by atoms with Gasteiger partial charge in [0.15, 0.2) is 0 Å². The van der Waals surface area contributed by atoms with E-state index in [0.717, 1.165) is 0 Å². The van der Waals surface area contributed by atoms with Crippen LogP contribution in [0.3, 0.4) is 0 Å². The summed E-state index contributed by atoms with van der Waals surface area (Å²) in [5.74, 6) is -2.35. The molecule has 1 unspecified atom stereocenters. The minimum atomic E-state index is -2.52. The van der Waals surface area contributed by atoms with Gasteiger partial charge in [-0.15, -0.1) is 0 Å². The van der Waals surface area contributed by atoms with Crippen LogP contribution in [-0.4, -0.2) is 25.8 Å². The summed E-state index contributed by atoms with van der Waals surface area (Å²) < 4.78 is 18.5. The van der Waals surface area contributed by atoms with Gasteiger partial charge in [-0.05, 0) is 17.0 Å². The van der Waals surface area contributed by atoms with Crippen molar-refractivity contribution in [3.05, 3.63) is 35.4 Å². The van der Waals surface area contributed by atoms with Crippen molar-refractivity contribution in [2.45, 2.75) is 0 Å². The Labute approximate surface area is 92.4 Å². The molecule has 0 saturated carbocycles. The van der Waals surface area contributed by atoms with Gasteiger partial charge < -0.3 is 9.94 Å². The van der Waals surface area contributed by atoms with Crippen molar-refractivity contribution in [3.63, 3.8) is 0 Å². The van der Waals surface area contributed by atoms with Crippen LogP contribution in [0.4, 0.5) is 0 Å². The third-order valence-electron chi connectivity index (χ3n) is 1.58. The van der Waals surface area contributed by atoms with E-state index in [1.54, 1.807) is 0 Å². The Kier molecular flexibility index (Phi) is 4.11. The molecule has 0 aromatic heterocycles. The monoisotopic (exact) mass is 245 g/mol. The predicted octanol–water partition coefficient (Wildman–Crippen LogP) is 0.183. The fourth-order valence-corrected chi connectivity index (χ4v) is 1.12. The number of carboxylic acid groups (broad SMARTS) is 1. The van der Waals surface area contributed by atoms with Crippen LogP contribution in [0.5, 0.6) is 0 Å². The second-order valence-corrected chi connectivity index (χ2v) is 3.24. The van der Waals surface area contributed by atoms with Crippen LogP contribution in [0, 0.1) is 0 Å². The summed E-state index contributed by atoms with van der Waals surface area (Å²) in [6.07, 6.45) is 0. The molecule has 16 heavy (non-hydrogen) atoms. The van der Waals surface area contributed by atoms with Crippen LogP contribution < -0.4 is 4.89 Å². The number of aromatic carboxylic acids is 1. The fourth-order valence-electron chi connectivity index (χ4n) is 0.976. The molecule has 0 aliphatic heterocycles. The quantitative estimate of drug-likeness (QED) is 0.515. The molecule has 0 radical (unpaired) electrons. The maximum absolute atomic E-state index is 11.3. The van der Waals surface area contributed by atoms with Gasteiger partial charge in [0, 0.05) is 0 Å². The lowest BCUT2D eigenvalue weighted by Gasteiger charge is -2.04. The molecule has 0 saturated heterocycles. The van der Waals surface area contributed by atoms with Crippen molar-refractivity contribution in [2.24, 2.45) is 0 Å². The molecule has 1 atom stereocenters. The molecule has 86 valence electrons. The van der Waals surface area contributed by atoms with E-state index in [1.807, 2.05) is 0 Å². The van der Waals surface area contributed by atoms with Crippen molar-refractivity contribution in [2.75, 3.05) is 0 Å². The van der Waals surface area contributed by atoms with E-state index >= 15 is 0 Å². The van der Waals surface area contributed by atoms with Crippen LogP contribution in [0.2, 0.25) is 0 Å². The first-order valence-corrected chi connectivity index (χ1v) is 5.03. The van der Waals surface area contributed by atoms with Crippen LogP contribution >= 0.6 is 0 Å². The molecule has 1 aromatic carbocycles. The second-order valence-electron chi connectivity index (χ2n) is 2.57. The number of hydrogen-bond donors (Lipinski definition) is 3. The van der Waals surface area contributed by atoms with Gasteiger partial charge in [0.25, 0.3) is 11.3 Å².